The van der Waals surface area contributed by atoms with E-state index in [1.54, 1.807) is 16.8 Å². The Morgan fingerprint density at radius 2 is 1.97 bits per heavy atom. The molecule has 1 aliphatic carbocycles. The first-order valence-corrected chi connectivity index (χ1v) is 15.1. The number of nitrogens with zero attached hydrogens (tertiary/aromatic N) is 2. The molecule has 13 heteroatoms. The van der Waals surface area contributed by atoms with Crippen molar-refractivity contribution in [1.29, 1.82) is 0 Å². The first kappa shape index (κ1) is 31.2. The number of hydrogen-bond donors (Lipinski definition) is 2. The Balaban J connectivity index is 1.84. The van der Waals surface area contributed by atoms with E-state index in [2.05, 4.69) is 10.4 Å². The number of halogens is 4. The molecule has 0 radical (unpaired) electrons. The van der Waals surface area contributed by atoms with Gasteiger partial charge in [0.2, 0.25) is 0 Å². The molecule has 1 saturated carbocycles. The molecule has 1 amide bonds. The molecule has 1 aliphatic rings. The van der Waals surface area contributed by atoms with Crippen LogP contribution in [-0.2, 0) is 22.8 Å². The maximum atomic E-state index is 13.1. The molecular formula is C26H35ClF3N3O5S. The van der Waals surface area contributed by atoms with Crippen molar-refractivity contribution in [2.75, 3.05) is 19.9 Å². The van der Waals surface area contributed by atoms with Crippen LogP contribution in [-0.4, -0.2) is 66.1 Å². The first-order chi connectivity index (χ1) is 18.1. The van der Waals surface area contributed by atoms with Gasteiger partial charge in [0.1, 0.15) is 15.6 Å². The fraction of sp³-hybridized carbons (Fsp3) is 0.615. The van der Waals surface area contributed by atoms with E-state index < -0.39 is 38.7 Å². The molecule has 2 aromatic rings. The maximum absolute atomic E-state index is 13.1. The highest BCUT2D eigenvalue weighted by molar-refractivity contribution is 7.91. The minimum absolute atomic E-state index is 0.0448. The predicted molar refractivity (Wildman–Crippen MR) is 143 cm³/mol. The lowest BCUT2D eigenvalue weighted by molar-refractivity contribution is -0.169. The Kier molecular flexibility index (Phi) is 9.65. The average molecular weight is 594 g/mol. The van der Waals surface area contributed by atoms with Crippen molar-refractivity contribution in [2.24, 2.45) is 5.92 Å². The number of methoxy groups -OCH3 is 1. The number of ether oxygens (including phenoxy) is 1. The van der Waals surface area contributed by atoms with Crippen molar-refractivity contribution in [3.63, 3.8) is 0 Å². The number of nitrogens with one attached hydrogen (secondary N) is 1. The van der Waals surface area contributed by atoms with Gasteiger partial charge in [-0.05, 0) is 56.2 Å². The summed E-state index contributed by atoms with van der Waals surface area (Å²) in [6, 6.07) is 4.71. The van der Waals surface area contributed by atoms with Crippen LogP contribution >= 0.6 is 11.6 Å². The summed E-state index contributed by atoms with van der Waals surface area (Å²) in [5, 5.41) is 17.5. The van der Waals surface area contributed by atoms with Crippen molar-refractivity contribution in [1.82, 2.24) is 15.1 Å². The monoisotopic (exact) mass is 593 g/mol. The van der Waals surface area contributed by atoms with E-state index >= 15 is 0 Å². The number of benzene rings is 1. The molecule has 0 spiro atoms. The second kappa shape index (κ2) is 12.1. The van der Waals surface area contributed by atoms with Crippen LogP contribution in [0.1, 0.15) is 62.0 Å². The summed E-state index contributed by atoms with van der Waals surface area (Å²) in [5.74, 6) is -1.84. The number of carbonyl (C=O) groups is 1. The van der Waals surface area contributed by atoms with Crippen LogP contribution in [0.5, 0.6) is 5.75 Å². The molecule has 2 N–H and O–H groups in total. The van der Waals surface area contributed by atoms with E-state index in [0.29, 0.717) is 48.4 Å². The number of aryl methyl sites for hydroxylation is 1. The summed E-state index contributed by atoms with van der Waals surface area (Å²) in [7, 11) is -1.80. The van der Waals surface area contributed by atoms with Crippen LogP contribution in [0, 0.1) is 5.92 Å². The summed E-state index contributed by atoms with van der Waals surface area (Å²) < 4.78 is 69.8. The lowest BCUT2D eigenvalue weighted by atomic mass is 9.84. The minimum atomic E-state index is -4.32. The van der Waals surface area contributed by atoms with Crippen molar-refractivity contribution in [3.05, 3.63) is 34.5 Å². The topological polar surface area (TPSA) is 111 Å². The third kappa shape index (κ3) is 7.46. The molecule has 218 valence electrons. The number of rotatable bonds is 10. The molecule has 1 aromatic heterocycles. The lowest BCUT2D eigenvalue weighted by Gasteiger charge is -2.35. The number of aliphatic hydroxyl groups is 1. The molecule has 1 heterocycles. The molecule has 1 fully saturated rings. The van der Waals surface area contributed by atoms with Gasteiger partial charge < -0.3 is 15.2 Å². The van der Waals surface area contributed by atoms with Crippen LogP contribution in [0.3, 0.4) is 0 Å². The second-order valence-corrected chi connectivity index (χ2v) is 13.1. The van der Waals surface area contributed by atoms with Gasteiger partial charge >= 0.3 is 6.18 Å². The molecule has 1 atom stereocenters. The van der Waals surface area contributed by atoms with Crippen LogP contribution < -0.4 is 10.1 Å². The normalized spacial score (nSPS) is 21.0. The number of alkyl halides is 3. The molecule has 0 unspecified atom stereocenters. The summed E-state index contributed by atoms with van der Waals surface area (Å²) in [6.07, 6.45) is -1.63. The third-order valence-corrected chi connectivity index (χ3v) is 9.25. The molecule has 0 bridgehead atoms. The fourth-order valence-corrected chi connectivity index (χ4v) is 6.22. The number of carbonyl (C=O) groups excluding carboxylic acids is 1. The van der Waals surface area contributed by atoms with Gasteiger partial charge in [0.05, 0.1) is 34.6 Å². The second-order valence-electron chi connectivity index (χ2n) is 10.4. The van der Waals surface area contributed by atoms with Gasteiger partial charge in [0.25, 0.3) is 5.91 Å². The van der Waals surface area contributed by atoms with Gasteiger partial charge in [-0.25, -0.2) is 8.42 Å². The Labute approximate surface area is 231 Å². The Morgan fingerprint density at radius 1 is 1.33 bits per heavy atom. The number of amides is 1. The standard InChI is InChI=1S/C26H35ClF3N3O5S/c1-5-12-33-23(19-7-6-17(14-20(19)38-3)13-16(2)26(28,29)30)21(27)22(32-33)24(34)31-15-25(35)10-8-18(9-11-25)39(4,36)37/h6-7,14,16,18,35H,5,8-13,15H2,1-4H3,(H,31,34)/t16-,18-,25+/m1/s1. The number of aromatic nitrogens is 2. The van der Waals surface area contributed by atoms with Crippen LogP contribution in [0.15, 0.2) is 18.2 Å². The van der Waals surface area contributed by atoms with Crippen molar-refractivity contribution < 1.29 is 36.2 Å². The van der Waals surface area contributed by atoms with E-state index in [0.717, 1.165) is 6.92 Å². The van der Waals surface area contributed by atoms with E-state index in [4.69, 9.17) is 16.3 Å². The maximum Gasteiger partial charge on any atom is 0.391 e. The van der Waals surface area contributed by atoms with E-state index in [1.165, 1.54) is 19.4 Å². The highest BCUT2D eigenvalue weighted by Crippen LogP contribution is 2.39. The Bertz CT molecular complexity index is 1290. The minimum Gasteiger partial charge on any atom is -0.496 e. The Morgan fingerprint density at radius 3 is 2.51 bits per heavy atom. The van der Waals surface area contributed by atoms with Gasteiger partial charge in [0.15, 0.2) is 5.69 Å². The summed E-state index contributed by atoms with van der Waals surface area (Å²) >= 11 is 6.66. The fourth-order valence-electron chi connectivity index (χ4n) is 4.81. The van der Waals surface area contributed by atoms with Crippen LogP contribution in [0.2, 0.25) is 5.02 Å². The zero-order valence-corrected chi connectivity index (χ0v) is 24.0. The van der Waals surface area contributed by atoms with Crippen molar-refractivity contribution in [3.8, 4) is 17.0 Å². The molecule has 39 heavy (non-hydrogen) atoms. The molecule has 8 nitrogen and oxygen atoms in total. The summed E-state index contributed by atoms with van der Waals surface area (Å²) in [6.45, 7) is 3.35. The molecule has 3 rings (SSSR count). The van der Waals surface area contributed by atoms with E-state index in [1.807, 2.05) is 6.92 Å². The highest BCUT2D eigenvalue weighted by Gasteiger charge is 2.38. The number of hydrogen-bond acceptors (Lipinski definition) is 6. The molecule has 1 aromatic carbocycles. The highest BCUT2D eigenvalue weighted by atomic mass is 35.5. The van der Waals surface area contributed by atoms with Crippen molar-refractivity contribution >= 4 is 27.3 Å². The van der Waals surface area contributed by atoms with Gasteiger partial charge in [-0.15, -0.1) is 0 Å². The zero-order valence-electron chi connectivity index (χ0n) is 22.4. The van der Waals surface area contributed by atoms with E-state index in [-0.39, 0.29) is 36.5 Å². The van der Waals surface area contributed by atoms with Crippen LogP contribution in [0.25, 0.3) is 11.3 Å². The van der Waals surface area contributed by atoms with Gasteiger partial charge in [-0.1, -0.05) is 31.5 Å². The molecule has 0 aliphatic heterocycles. The quantitative estimate of drug-likeness (QED) is 0.409. The SMILES string of the molecule is CCCn1nc(C(=O)NC[C@]2(O)CC[C@@H](S(C)(=O)=O)CC2)c(Cl)c1-c1ccc(C[C@@H](C)C(F)(F)F)cc1OC. The van der Waals surface area contributed by atoms with Gasteiger partial charge in [-0.3, -0.25) is 9.48 Å². The molecule has 0 saturated heterocycles. The lowest BCUT2D eigenvalue weighted by Crippen LogP contribution is -2.47. The van der Waals surface area contributed by atoms with E-state index in [9.17, 15) is 31.5 Å². The molecular weight excluding hydrogens is 559 g/mol. The van der Waals surface area contributed by atoms with Crippen molar-refractivity contribution in [2.45, 2.75) is 75.9 Å². The van der Waals surface area contributed by atoms with Crippen LogP contribution in [0.4, 0.5) is 13.2 Å². The largest absolute Gasteiger partial charge is 0.496 e. The average Bonchev–Trinajstić information content (AvgIpc) is 3.17. The van der Waals surface area contributed by atoms with Gasteiger partial charge in [-0.2, -0.15) is 18.3 Å². The summed E-state index contributed by atoms with van der Waals surface area (Å²) in [4.78, 5) is 13.1. The van der Waals surface area contributed by atoms with Gasteiger partial charge in [0, 0.05) is 24.9 Å². The Hall–Kier alpha value is -2.31. The zero-order chi connectivity index (χ0) is 29.2. The third-order valence-electron chi connectivity index (χ3n) is 7.21. The first-order valence-electron chi connectivity index (χ1n) is 12.8. The predicted octanol–water partition coefficient (Wildman–Crippen LogP) is 4.81. The smallest absolute Gasteiger partial charge is 0.391 e. The number of sulfone groups is 1. The summed E-state index contributed by atoms with van der Waals surface area (Å²) in [5.41, 5.74) is -0.00250.